The number of ether oxygens (including phenoxy) is 3. The van der Waals surface area contributed by atoms with Crippen LogP contribution in [0.1, 0.15) is 10.5 Å². The number of benzene rings is 1. The second-order valence-corrected chi connectivity index (χ2v) is 4.99. The highest BCUT2D eigenvalue weighted by Crippen LogP contribution is 2.32. The molecule has 0 amide bonds. The Bertz CT molecular complexity index is 593. The fraction of sp³-hybridized carbons (Fsp3) is 0.438. The van der Waals surface area contributed by atoms with Crippen LogP contribution in [-0.2, 0) is 4.74 Å². The Hall–Kier alpha value is -2.05. The summed E-state index contributed by atoms with van der Waals surface area (Å²) in [5.74, 6) is 1.35. The molecule has 1 aromatic carbocycles. The van der Waals surface area contributed by atoms with Gasteiger partial charge in [0.25, 0.3) is 0 Å². The van der Waals surface area contributed by atoms with Crippen LogP contribution in [0.5, 0.6) is 11.5 Å². The molecule has 0 fully saturated rings. The summed E-state index contributed by atoms with van der Waals surface area (Å²) in [4.78, 5) is 15.8. The van der Waals surface area contributed by atoms with Gasteiger partial charge in [0.05, 0.1) is 12.8 Å². The Morgan fingerprint density at radius 1 is 1.14 bits per heavy atom. The molecule has 0 unspecified atom stereocenters. The molecule has 0 aliphatic heterocycles. The zero-order valence-corrected chi connectivity index (χ0v) is 13.8. The summed E-state index contributed by atoms with van der Waals surface area (Å²) < 4.78 is 15.3. The number of nitrogens with one attached hydrogen (secondary N) is 1. The SMILES string of the molecule is COC.COc1cc2[nH]c(C=O)cc2cc1OCCN(C)C. The molecule has 122 valence electrons. The van der Waals surface area contributed by atoms with Gasteiger partial charge in [-0.2, -0.15) is 0 Å². The van der Waals surface area contributed by atoms with Gasteiger partial charge in [-0.25, -0.2) is 0 Å². The second-order valence-electron chi connectivity index (χ2n) is 4.99. The van der Waals surface area contributed by atoms with Crippen LogP contribution in [-0.4, -0.2) is 64.7 Å². The standard InChI is InChI=1S/C14H18N2O3.C2H6O/c1-16(2)4-5-19-14-7-10-6-11(9-17)15-12(10)8-13(14)18-3;1-3-2/h6-9,15H,4-5H2,1-3H3;1-2H3. The second kappa shape index (κ2) is 9.07. The number of methoxy groups -OCH3 is 2. The molecular weight excluding hydrogens is 284 g/mol. The van der Waals surface area contributed by atoms with Gasteiger partial charge in [0, 0.05) is 37.7 Å². The summed E-state index contributed by atoms with van der Waals surface area (Å²) >= 11 is 0. The van der Waals surface area contributed by atoms with Gasteiger partial charge in [0.2, 0.25) is 0 Å². The number of aromatic nitrogens is 1. The topological polar surface area (TPSA) is 63.8 Å². The van der Waals surface area contributed by atoms with Gasteiger partial charge >= 0.3 is 0 Å². The van der Waals surface area contributed by atoms with Crippen LogP contribution in [0.3, 0.4) is 0 Å². The van der Waals surface area contributed by atoms with Crippen molar-refractivity contribution < 1.29 is 19.0 Å². The number of carbonyl (C=O) groups is 1. The van der Waals surface area contributed by atoms with E-state index in [9.17, 15) is 4.79 Å². The Morgan fingerprint density at radius 3 is 2.36 bits per heavy atom. The maximum atomic E-state index is 10.8. The predicted octanol–water partition coefficient (Wildman–Crippen LogP) is 2.19. The van der Waals surface area contributed by atoms with Crippen molar-refractivity contribution in [1.82, 2.24) is 9.88 Å². The van der Waals surface area contributed by atoms with Gasteiger partial charge in [0.15, 0.2) is 17.8 Å². The van der Waals surface area contributed by atoms with Crippen LogP contribution in [0.4, 0.5) is 0 Å². The lowest BCUT2D eigenvalue weighted by atomic mass is 10.2. The molecule has 1 heterocycles. The molecule has 1 aromatic heterocycles. The van der Waals surface area contributed by atoms with Crippen LogP contribution < -0.4 is 9.47 Å². The van der Waals surface area contributed by atoms with E-state index in [1.165, 1.54) is 0 Å². The van der Waals surface area contributed by atoms with Gasteiger partial charge in [-0.05, 0) is 26.2 Å². The minimum atomic E-state index is 0.544. The fourth-order valence-corrected chi connectivity index (χ4v) is 1.84. The summed E-state index contributed by atoms with van der Waals surface area (Å²) in [7, 11) is 8.84. The molecule has 0 saturated carbocycles. The summed E-state index contributed by atoms with van der Waals surface area (Å²) in [5.41, 5.74) is 1.40. The summed E-state index contributed by atoms with van der Waals surface area (Å²) in [6.45, 7) is 1.41. The van der Waals surface area contributed by atoms with Crippen molar-refractivity contribution in [3.8, 4) is 11.5 Å². The van der Waals surface area contributed by atoms with E-state index < -0.39 is 0 Å². The quantitative estimate of drug-likeness (QED) is 0.829. The normalized spacial score (nSPS) is 10.3. The number of rotatable bonds is 6. The Labute approximate surface area is 131 Å². The van der Waals surface area contributed by atoms with Crippen molar-refractivity contribution in [2.24, 2.45) is 0 Å². The van der Waals surface area contributed by atoms with E-state index in [-0.39, 0.29) is 0 Å². The summed E-state index contributed by atoms with van der Waals surface area (Å²) in [6, 6.07) is 5.52. The molecule has 0 radical (unpaired) electrons. The summed E-state index contributed by atoms with van der Waals surface area (Å²) in [6.07, 6.45) is 0.791. The molecule has 0 bridgehead atoms. The molecule has 22 heavy (non-hydrogen) atoms. The summed E-state index contributed by atoms with van der Waals surface area (Å²) in [5, 5.41) is 0.933. The zero-order valence-electron chi connectivity index (χ0n) is 13.8. The fourth-order valence-electron chi connectivity index (χ4n) is 1.84. The van der Waals surface area contributed by atoms with Crippen molar-refractivity contribution >= 4 is 17.2 Å². The van der Waals surface area contributed by atoms with Crippen molar-refractivity contribution in [2.45, 2.75) is 0 Å². The zero-order chi connectivity index (χ0) is 16.5. The number of carbonyl (C=O) groups excluding carboxylic acids is 1. The maximum Gasteiger partial charge on any atom is 0.166 e. The number of fused-ring (bicyclic) bond motifs is 1. The smallest absolute Gasteiger partial charge is 0.166 e. The van der Waals surface area contributed by atoms with Crippen LogP contribution in [0, 0.1) is 0 Å². The first-order valence-corrected chi connectivity index (χ1v) is 6.89. The third-order valence-corrected chi connectivity index (χ3v) is 2.85. The highest BCUT2D eigenvalue weighted by Gasteiger charge is 2.09. The lowest BCUT2D eigenvalue weighted by molar-refractivity contribution is 0.112. The van der Waals surface area contributed by atoms with Crippen LogP contribution >= 0.6 is 0 Å². The molecule has 0 saturated heterocycles. The van der Waals surface area contributed by atoms with Crippen LogP contribution in [0.25, 0.3) is 10.9 Å². The molecular formula is C16H24N2O4. The Balaban J connectivity index is 0.000000745. The van der Waals surface area contributed by atoms with Crippen LogP contribution in [0.15, 0.2) is 18.2 Å². The number of hydrogen-bond donors (Lipinski definition) is 1. The molecule has 0 aliphatic carbocycles. The van der Waals surface area contributed by atoms with Crippen molar-refractivity contribution in [3.05, 3.63) is 23.9 Å². The number of aromatic amines is 1. The first kappa shape index (κ1) is 18.0. The first-order chi connectivity index (χ1) is 10.5. The lowest BCUT2D eigenvalue weighted by Gasteiger charge is -2.13. The molecule has 6 heteroatoms. The van der Waals surface area contributed by atoms with Gasteiger partial charge in [-0.15, -0.1) is 0 Å². The number of nitrogens with zero attached hydrogens (tertiary/aromatic N) is 1. The van der Waals surface area contributed by atoms with E-state index in [4.69, 9.17) is 9.47 Å². The number of aldehydes is 1. The number of likely N-dealkylation sites (N-methyl/N-ethyl adjacent to an activating group) is 1. The predicted molar refractivity (Wildman–Crippen MR) is 87.2 cm³/mol. The van der Waals surface area contributed by atoms with Gasteiger partial charge < -0.3 is 24.1 Å². The largest absolute Gasteiger partial charge is 0.493 e. The van der Waals surface area contributed by atoms with E-state index in [0.717, 1.165) is 23.7 Å². The molecule has 0 atom stereocenters. The average molecular weight is 308 g/mol. The maximum absolute atomic E-state index is 10.8. The highest BCUT2D eigenvalue weighted by atomic mass is 16.5. The first-order valence-electron chi connectivity index (χ1n) is 6.89. The average Bonchev–Trinajstić information content (AvgIpc) is 2.88. The van der Waals surface area contributed by atoms with Gasteiger partial charge in [-0.1, -0.05) is 0 Å². The number of H-pyrrole nitrogens is 1. The van der Waals surface area contributed by atoms with Crippen molar-refractivity contribution in [1.29, 1.82) is 0 Å². The third-order valence-electron chi connectivity index (χ3n) is 2.85. The molecule has 6 nitrogen and oxygen atoms in total. The van der Waals surface area contributed by atoms with E-state index >= 15 is 0 Å². The Morgan fingerprint density at radius 2 is 1.82 bits per heavy atom. The Kier molecular flexibility index (Phi) is 7.42. The van der Waals surface area contributed by atoms with Crippen molar-refractivity contribution in [3.63, 3.8) is 0 Å². The van der Waals surface area contributed by atoms with Gasteiger partial charge in [-0.3, -0.25) is 4.79 Å². The monoisotopic (exact) mass is 308 g/mol. The van der Waals surface area contributed by atoms with E-state index in [2.05, 4.69) is 9.72 Å². The molecule has 0 spiro atoms. The minimum Gasteiger partial charge on any atom is -0.493 e. The minimum absolute atomic E-state index is 0.544. The molecule has 2 aromatic rings. The van der Waals surface area contributed by atoms with E-state index in [1.807, 2.05) is 31.1 Å². The van der Waals surface area contributed by atoms with E-state index in [0.29, 0.717) is 23.8 Å². The van der Waals surface area contributed by atoms with Crippen molar-refractivity contribution in [2.75, 3.05) is 48.6 Å². The third kappa shape index (κ3) is 5.05. The van der Waals surface area contributed by atoms with Gasteiger partial charge in [0.1, 0.15) is 6.61 Å². The lowest BCUT2D eigenvalue weighted by Crippen LogP contribution is -2.19. The highest BCUT2D eigenvalue weighted by molar-refractivity contribution is 5.90. The van der Waals surface area contributed by atoms with E-state index in [1.54, 1.807) is 27.4 Å². The van der Waals surface area contributed by atoms with Crippen LogP contribution in [0.2, 0.25) is 0 Å². The molecule has 0 aliphatic rings. The molecule has 1 N–H and O–H groups in total. The number of hydrogen-bond acceptors (Lipinski definition) is 5. The molecule has 2 rings (SSSR count).